The van der Waals surface area contributed by atoms with Gasteiger partial charge in [-0.05, 0) is 68.0 Å². The first kappa shape index (κ1) is 35.5. The molecule has 4 aliphatic heterocycles. The van der Waals surface area contributed by atoms with E-state index < -0.39 is 18.2 Å². The van der Waals surface area contributed by atoms with E-state index in [-0.39, 0.29) is 24.3 Å². The maximum atomic E-state index is 13.3. The van der Waals surface area contributed by atoms with E-state index in [9.17, 15) is 23.1 Å². The van der Waals surface area contributed by atoms with Crippen LogP contribution in [0, 0.1) is 11.8 Å². The summed E-state index contributed by atoms with van der Waals surface area (Å²) in [7, 11) is 0. The third-order valence-corrected chi connectivity index (χ3v) is 11.6. The fourth-order valence-electron chi connectivity index (χ4n) is 8.51. The van der Waals surface area contributed by atoms with Gasteiger partial charge in [-0.15, -0.1) is 0 Å². The number of fused-ring (bicyclic) bond motifs is 2. The van der Waals surface area contributed by atoms with Crippen LogP contribution in [-0.4, -0.2) is 131 Å². The molecular formula is C37H48ClF3N6O3. The molecule has 5 aliphatic rings. The fourth-order valence-corrected chi connectivity index (χ4v) is 8.68. The summed E-state index contributed by atoms with van der Waals surface area (Å²) < 4.78 is 47.8. The van der Waals surface area contributed by atoms with Crippen molar-refractivity contribution in [1.82, 2.24) is 24.3 Å². The number of benzene rings is 1. The lowest BCUT2D eigenvalue weighted by Crippen LogP contribution is -2.51. The molecule has 0 spiro atoms. The largest absolute Gasteiger partial charge is 0.395 e. The second-order valence-corrected chi connectivity index (χ2v) is 15.0. The molecule has 1 aliphatic carbocycles. The number of alkyl halides is 3. The molecule has 4 unspecified atom stereocenters. The third kappa shape index (κ3) is 7.79. The molecule has 13 heteroatoms. The van der Waals surface area contributed by atoms with Crippen molar-refractivity contribution in [3.05, 3.63) is 58.8 Å². The number of allylic oxidation sites excluding steroid dienone is 4. The van der Waals surface area contributed by atoms with Crippen molar-refractivity contribution in [2.75, 3.05) is 72.1 Å². The topological polar surface area (TPSA) is 76.8 Å². The number of nitrogens with zero attached hydrogens (tertiary/aromatic N) is 6. The van der Waals surface area contributed by atoms with Crippen molar-refractivity contribution < 1.29 is 27.8 Å². The van der Waals surface area contributed by atoms with Crippen LogP contribution in [0.15, 0.2) is 53.3 Å². The van der Waals surface area contributed by atoms with Crippen molar-refractivity contribution in [2.24, 2.45) is 16.9 Å². The zero-order valence-electron chi connectivity index (χ0n) is 28.7. The van der Waals surface area contributed by atoms with Gasteiger partial charge < -0.3 is 24.2 Å². The first-order valence-electron chi connectivity index (χ1n) is 18.1. The summed E-state index contributed by atoms with van der Waals surface area (Å²) in [6, 6.07) is 6.20. The summed E-state index contributed by atoms with van der Waals surface area (Å²) in [5.74, 6) is -1.21. The molecule has 1 aromatic carbocycles. The number of piperidine rings is 2. The Morgan fingerprint density at radius 2 is 1.84 bits per heavy atom. The summed E-state index contributed by atoms with van der Waals surface area (Å²) in [5.41, 5.74) is 3.95. The monoisotopic (exact) mass is 716 g/mol. The van der Waals surface area contributed by atoms with Crippen LogP contribution in [0.1, 0.15) is 44.1 Å². The molecular weight excluding hydrogens is 669 g/mol. The minimum Gasteiger partial charge on any atom is -0.390 e. The summed E-state index contributed by atoms with van der Waals surface area (Å²) >= 11 is 6.45. The van der Waals surface area contributed by atoms with E-state index in [0.29, 0.717) is 44.1 Å². The highest BCUT2D eigenvalue weighted by Gasteiger charge is 2.44. The Labute approximate surface area is 296 Å². The van der Waals surface area contributed by atoms with Crippen LogP contribution in [0.5, 0.6) is 0 Å². The predicted octanol–water partition coefficient (Wildman–Crippen LogP) is 5.14. The van der Waals surface area contributed by atoms with Crippen molar-refractivity contribution in [2.45, 2.75) is 63.4 Å². The highest BCUT2D eigenvalue weighted by Crippen LogP contribution is 2.38. The highest BCUT2D eigenvalue weighted by atomic mass is 35.5. The number of aliphatic hydroxyl groups is 1. The van der Waals surface area contributed by atoms with Crippen molar-refractivity contribution in [3.8, 4) is 0 Å². The molecule has 0 radical (unpaired) electrons. The molecule has 0 saturated carbocycles. The summed E-state index contributed by atoms with van der Waals surface area (Å²) in [6.45, 7) is 10.6. The molecule has 1 aromatic heterocycles. The second kappa shape index (κ2) is 15.0. The van der Waals surface area contributed by atoms with Crippen LogP contribution in [0.25, 0.3) is 10.9 Å². The number of likely N-dealkylation sites (tertiary alicyclic amines) is 2. The zero-order valence-corrected chi connectivity index (χ0v) is 29.5. The summed E-state index contributed by atoms with van der Waals surface area (Å²) in [4.78, 5) is 18.8. The predicted molar refractivity (Wildman–Crippen MR) is 188 cm³/mol. The Bertz CT molecular complexity index is 1630. The van der Waals surface area contributed by atoms with Gasteiger partial charge in [-0.25, -0.2) is 0 Å². The second-order valence-electron chi connectivity index (χ2n) is 14.6. The highest BCUT2D eigenvalue weighted by molar-refractivity contribution is 6.31. The smallest absolute Gasteiger partial charge is 0.390 e. The molecule has 2 aromatic rings. The number of hydrogen-bond acceptors (Lipinski definition) is 7. The Morgan fingerprint density at radius 1 is 1.06 bits per heavy atom. The van der Waals surface area contributed by atoms with Crippen LogP contribution in [-0.2, 0) is 16.1 Å². The number of amides is 1. The number of aromatic nitrogens is 1. The van der Waals surface area contributed by atoms with Gasteiger partial charge in [-0.2, -0.15) is 18.3 Å². The van der Waals surface area contributed by atoms with E-state index in [4.69, 9.17) is 21.4 Å². The maximum absolute atomic E-state index is 13.3. The lowest BCUT2D eigenvalue weighted by Gasteiger charge is -2.39. The summed E-state index contributed by atoms with van der Waals surface area (Å²) in [5, 5.41) is 20.2. The van der Waals surface area contributed by atoms with Gasteiger partial charge in [0.05, 0.1) is 43.5 Å². The molecule has 4 atom stereocenters. The molecule has 9 nitrogen and oxygen atoms in total. The van der Waals surface area contributed by atoms with Gasteiger partial charge in [0.2, 0.25) is 5.91 Å². The molecule has 5 heterocycles. The third-order valence-electron chi connectivity index (χ3n) is 11.3. The number of β-amino-alcohol motifs (C(OH)–C–C–N with tert-alkyl or cyclic N) is 1. The Balaban J connectivity index is 0.976. The van der Waals surface area contributed by atoms with Gasteiger partial charge in [0, 0.05) is 80.8 Å². The van der Waals surface area contributed by atoms with Crippen LogP contribution >= 0.6 is 11.6 Å². The lowest BCUT2D eigenvalue weighted by molar-refractivity contribution is -0.160. The van der Waals surface area contributed by atoms with Gasteiger partial charge in [0.25, 0.3) is 0 Å². The SMILES string of the molecule is CC(=O)N1CCC2C(C1)C(C1=CCC(C(F)(F)F)C=C1)=NN2CC(O)CN1CCC(c2cn(CCN3CCOCC3)c3cc(Cl)ccc23)CC1. The first-order valence-corrected chi connectivity index (χ1v) is 18.5. The minimum absolute atomic E-state index is 0.00954. The van der Waals surface area contributed by atoms with Crippen LogP contribution in [0.2, 0.25) is 5.02 Å². The fraction of sp³-hybridized carbons (Fsp3) is 0.622. The van der Waals surface area contributed by atoms with Gasteiger partial charge in [-0.1, -0.05) is 35.9 Å². The quantitative estimate of drug-likeness (QED) is 0.388. The minimum atomic E-state index is -4.28. The molecule has 0 bridgehead atoms. The van der Waals surface area contributed by atoms with Crippen LogP contribution in [0.3, 0.4) is 0 Å². The zero-order chi connectivity index (χ0) is 35.0. The number of hydrogen-bond donors (Lipinski definition) is 1. The number of aliphatic hydroxyl groups excluding tert-OH is 1. The van der Waals surface area contributed by atoms with Crippen LogP contribution in [0.4, 0.5) is 13.2 Å². The van der Waals surface area contributed by atoms with E-state index >= 15 is 0 Å². The van der Waals surface area contributed by atoms with E-state index in [0.717, 1.165) is 76.1 Å². The van der Waals surface area contributed by atoms with Crippen molar-refractivity contribution in [1.29, 1.82) is 0 Å². The number of hydrazone groups is 1. The normalized spacial score (nSPS) is 26.3. The molecule has 272 valence electrons. The van der Waals surface area contributed by atoms with Crippen LogP contribution < -0.4 is 0 Å². The molecule has 1 amide bonds. The number of morpholine rings is 1. The van der Waals surface area contributed by atoms with Gasteiger partial charge in [0.1, 0.15) is 0 Å². The van der Waals surface area contributed by atoms with Crippen molar-refractivity contribution >= 4 is 34.1 Å². The van der Waals surface area contributed by atoms with Gasteiger partial charge in [-0.3, -0.25) is 14.7 Å². The average Bonchev–Trinajstić information content (AvgIpc) is 3.65. The number of carbonyl (C=O) groups excluding carboxylic acids is 1. The van der Waals surface area contributed by atoms with E-state index in [1.165, 1.54) is 28.6 Å². The first-order chi connectivity index (χ1) is 24.0. The molecule has 7 rings (SSSR count). The maximum Gasteiger partial charge on any atom is 0.395 e. The molecule has 3 saturated heterocycles. The number of rotatable bonds is 9. The van der Waals surface area contributed by atoms with E-state index in [1.54, 1.807) is 17.9 Å². The Hall–Kier alpha value is -2.90. The number of ether oxygens (including phenoxy) is 1. The molecule has 1 N–H and O–H groups in total. The average molecular weight is 717 g/mol. The Morgan fingerprint density at radius 3 is 2.54 bits per heavy atom. The van der Waals surface area contributed by atoms with E-state index in [1.807, 2.05) is 11.1 Å². The lowest BCUT2D eigenvalue weighted by atomic mass is 9.83. The van der Waals surface area contributed by atoms with Gasteiger partial charge in [0.15, 0.2) is 0 Å². The summed E-state index contributed by atoms with van der Waals surface area (Å²) in [6.07, 6.45) is 4.35. The standard InChI is InChI=1S/C37H48ClF3N6O3/c1-25(48)45-13-10-34-33(24-45)36(27-2-4-28(5-3-27)37(39,40)41)42-47(34)22-30(49)21-44-11-8-26(9-12-44)32-23-46(15-14-43-16-18-50-19-17-43)35-20-29(38)6-7-31(32)35/h2-4,6-7,20,23,26,28,30,33-34,49H,5,8-19,21-22,24H2,1H3. The Kier molecular flexibility index (Phi) is 10.6. The van der Waals surface area contributed by atoms with Crippen molar-refractivity contribution in [3.63, 3.8) is 0 Å². The molecule has 50 heavy (non-hydrogen) atoms. The van der Waals surface area contributed by atoms with Gasteiger partial charge >= 0.3 is 6.18 Å². The number of halogens is 4. The van der Waals surface area contributed by atoms with E-state index in [2.05, 4.69) is 32.7 Å². The number of carbonyl (C=O) groups is 1. The molecule has 3 fully saturated rings.